The number of halogens is 1. The molecular weight excluding hydrogens is 449 g/mol. The van der Waals surface area contributed by atoms with E-state index in [1.54, 1.807) is 19.5 Å². The Morgan fingerprint density at radius 2 is 2.11 bits per heavy atom. The van der Waals surface area contributed by atoms with Crippen molar-refractivity contribution in [2.24, 2.45) is 5.73 Å². The van der Waals surface area contributed by atoms with Gasteiger partial charge in [-0.2, -0.15) is 5.10 Å². The van der Waals surface area contributed by atoms with Crippen molar-refractivity contribution in [1.29, 1.82) is 0 Å². The average Bonchev–Trinajstić information content (AvgIpc) is 3.72. The number of amides is 1. The molecule has 1 aliphatic heterocycles. The first-order valence-corrected chi connectivity index (χ1v) is 12.1. The van der Waals surface area contributed by atoms with E-state index in [1.165, 1.54) is 6.07 Å². The number of carbonyl (C=O) groups excluding carboxylic acids is 1. The van der Waals surface area contributed by atoms with Crippen molar-refractivity contribution in [3.8, 4) is 11.8 Å². The first-order valence-electron chi connectivity index (χ1n) is 12.1. The SMILES string of the molecule is COC[C@H]1C[C@H](n2nc(C#Cc3cc4ncn(C5CC5)c4cc3F)c(C(N)=O)c2NC2CC2)CN1. The van der Waals surface area contributed by atoms with E-state index < -0.39 is 11.7 Å². The van der Waals surface area contributed by atoms with Crippen LogP contribution in [-0.2, 0) is 4.74 Å². The highest BCUT2D eigenvalue weighted by Gasteiger charge is 2.33. The molecule has 0 radical (unpaired) electrons. The Bertz CT molecular complexity index is 1360. The van der Waals surface area contributed by atoms with Crippen molar-refractivity contribution in [3.05, 3.63) is 41.1 Å². The number of aromatic nitrogens is 4. The molecule has 4 N–H and O–H groups in total. The number of hydrogen-bond acceptors (Lipinski definition) is 6. The van der Waals surface area contributed by atoms with Crippen LogP contribution in [0.4, 0.5) is 10.2 Å². The summed E-state index contributed by atoms with van der Waals surface area (Å²) in [6.45, 7) is 1.28. The van der Waals surface area contributed by atoms with Crippen LogP contribution >= 0.6 is 0 Å². The Balaban J connectivity index is 1.37. The Labute approximate surface area is 202 Å². The number of anilines is 1. The minimum atomic E-state index is -0.609. The van der Waals surface area contributed by atoms with Crippen LogP contribution < -0.4 is 16.4 Å². The van der Waals surface area contributed by atoms with Crippen LogP contribution in [0.1, 0.15) is 65.8 Å². The number of nitrogens with one attached hydrogen (secondary N) is 2. The minimum absolute atomic E-state index is 0.0181. The van der Waals surface area contributed by atoms with Crippen molar-refractivity contribution < 1.29 is 13.9 Å². The average molecular weight is 478 g/mol. The van der Waals surface area contributed by atoms with E-state index in [2.05, 4.69) is 32.6 Å². The zero-order chi connectivity index (χ0) is 24.1. The molecule has 3 aliphatic rings. The molecule has 2 atom stereocenters. The molecule has 3 aromatic rings. The van der Waals surface area contributed by atoms with Gasteiger partial charge in [0.1, 0.15) is 17.2 Å². The lowest BCUT2D eigenvalue weighted by Gasteiger charge is -2.15. The van der Waals surface area contributed by atoms with Gasteiger partial charge in [-0.25, -0.2) is 14.1 Å². The summed E-state index contributed by atoms with van der Waals surface area (Å²) in [4.78, 5) is 16.9. The molecule has 0 bridgehead atoms. The molecule has 0 spiro atoms. The highest BCUT2D eigenvalue weighted by molar-refractivity contribution is 6.00. The fraction of sp³-hybridized carbons (Fsp3) is 0.480. The van der Waals surface area contributed by atoms with Gasteiger partial charge in [0.15, 0.2) is 5.69 Å². The number of primary amides is 1. The highest BCUT2D eigenvalue weighted by atomic mass is 19.1. The van der Waals surface area contributed by atoms with E-state index in [9.17, 15) is 9.18 Å². The van der Waals surface area contributed by atoms with Crippen molar-refractivity contribution >= 4 is 22.8 Å². The monoisotopic (exact) mass is 477 g/mol. The normalized spacial score (nSPS) is 21.8. The Morgan fingerprint density at radius 3 is 2.83 bits per heavy atom. The third-order valence-electron chi connectivity index (χ3n) is 6.91. The van der Waals surface area contributed by atoms with Crippen molar-refractivity contribution in [1.82, 2.24) is 24.6 Å². The lowest BCUT2D eigenvalue weighted by Crippen LogP contribution is -2.25. The zero-order valence-corrected chi connectivity index (χ0v) is 19.6. The molecule has 2 aromatic heterocycles. The fourth-order valence-corrected chi connectivity index (χ4v) is 4.81. The molecule has 1 saturated heterocycles. The number of ether oxygens (including phenoxy) is 1. The molecule has 1 amide bonds. The maximum atomic E-state index is 15.0. The van der Waals surface area contributed by atoms with E-state index >= 15 is 0 Å². The second-order valence-corrected chi connectivity index (χ2v) is 9.70. The summed E-state index contributed by atoms with van der Waals surface area (Å²) in [5.41, 5.74) is 7.96. The molecule has 35 heavy (non-hydrogen) atoms. The fourth-order valence-electron chi connectivity index (χ4n) is 4.81. The van der Waals surface area contributed by atoms with Crippen LogP contribution in [0.15, 0.2) is 18.5 Å². The predicted octanol–water partition coefficient (Wildman–Crippen LogP) is 2.33. The van der Waals surface area contributed by atoms with Crippen LogP contribution in [0.2, 0.25) is 0 Å². The van der Waals surface area contributed by atoms with Gasteiger partial charge in [0.2, 0.25) is 0 Å². The van der Waals surface area contributed by atoms with Crippen LogP contribution in [-0.4, -0.2) is 57.6 Å². The molecule has 182 valence electrons. The van der Waals surface area contributed by atoms with Crippen molar-refractivity contribution in [3.63, 3.8) is 0 Å². The summed E-state index contributed by atoms with van der Waals surface area (Å²) in [6.07, 6.45) is 6.79. The van der Waals surface area contributed by atoms with Gasteiger partial charge in [-0.3, -0.25) is 4.79 Å². The summed E-state index contributed by atoms with van der Waals surface area (Å²) in [6, 6.07) is 4.05. The van der Waals surface area contributed by atoms with Gasteiger partial charge >= 0.3 is 0 Å². The number of rotatable bonds is 7. The number of hydrogen-bond donors (Lipinski definition) is 3. The van der Waals surface area contributed by atoms with Gasteiger partial charge in [-0.15, -0.1) is 0 Å². The van der Waals surface area contributed by atoms with Gasteiger partial charge in [-0.1, -0.05) is 5.92 Å². The standard InChI is InChI=1S/C25H28FN7O2/c1-35-12-16-9-18(11-28-16)33-25(30-15-3-4-15)23(24(27)34)20(31-33)7-2-14-8-21-22(10-19(14)26)32(13-29-21)17-5-6-17/h8,10,13,15-18,28,30H,3-6,9,11-12H2,1H3,(H2,27,34)/t16-,18+/m1/s1. The van der Waals surface area contributed by atoms with E-state index in [0.717, 1.165) is 37.6 Å². The Kier molecular flexibility index (Phi) is 5.46. The predicted molar refractivity (Wildman–Crippen MR) is 129 cm³/mol. The second-order valence-electron chi connectivity index (χ2n) is 9.70. The quantitative estimate of drug-likeness (QED) is 0.451. The van der Waals surface area contributed by atoms with Crippen molar-refractivity contribution in [2.45, 2.75) is 56.3 Å². The van der Waals surface area contributed by atoms with E-state index in [0.29, 0.717) is 30.5 Å². The summed E-state index contributed by atoms with van der Waals surface area (Å²) in [5.74, 6) is 5.37. The second kappa shape index (κ2) is 8.66. The lowest BCUT2D eigenvalue weighted by atomic mass is 10.1. The summed E-state index contributed by atoms with van der Waals surface area (Å²) in [7, 11) is 1.68. The molecule has 2 aliphatic carbocycles. The first-order chi connectivity index (χ1) is 17.0. The number of nitrogens with zero attached hydrogens (tertiary/aromatic N) is 4. The lowest BCUT2D eigenvalue weighted by molar-refractivity contribution is 0.100. The number of fused-ring (bicyclic) bond motifs is 1. The van der Waals surface area contributed by atoms with E-state index in [4.69, 9.17) is 10.5 Å². The topological polar surface area (TPSA) is 112 Å². The van der Waals surface area contributed by atoms with E-state index in [-0.39, 0.29) is 34.9 Å². The van der Waals surface area contributed by atoms with Crippen LogP contribution in [0.3, 0.4) is 0 Å². The van der Waals surface area contributed by atoms with Crippen LogP contribution in [0.5, 0.6) is 0 Å². The van der Waals surface area contributed by atoms with Gasteiger partial charge in [0.25, 0.3) is 5.91 Å². The minimum Gasteiger partial charge on any atom is -0.383 e. The maximum absolute atomic E-state index is 15.0. The van der Waals surface area contributed by atoms with Gasteiger partial charge in [-0.05, 0) is 44.1 Å². The zero-order valence-electron chi connectivity index (χ0n) is 19.6. The van der Waals surface area contributed by atoms with Gasteiger partial charge in [0, 0.05) is 37.8 Å². The Morgan fingerprint density at radius 1 is 1.29 bits per heavy atom. The van der Waals surface area contributed by atoms with Crippen molar-refractivity contribution in [2.75, 3.05) is 25.6 Å². The number of methoxy groups -OCH3 is 1. The summed E-state index contributed by atoms with van der Waals surface area (Å²) < 4.78 is 24.1. The summed E-state index contributed by atoms with van der Waals surface area (Å²) >= 11 is 0. The van der Waals surface area contributed by atoms with Gasteiger partial charge in [0.05, 0.1) is 35.6 Å². The molecule has 6 rings (SSSR count). The van der Waals surface area contributed by atoms with E-state index in [1.807, 2.05) is 9.25 Å². The largest absolute Gasteiger partial charge is 0.383 e. The highest BCUT2D eigenvalue weighted by Crippen LogP contribution is 2.37. The summed E-state index contributed by atoms with van der Waals surface area (Å²) in [5, 5.41) is 11.5. The third-order valence-corrected chi connectivity index (χ3v) is 6.91. The molecule has 9 nitrogen and oxygen atoms in total. The first kappa shape index (κ1) is 22.1. The van der Waals surface area contributed by atoms with Gasteiger partial charge < -0.3 is 25.7 Å². The molecule has 0 unspecified atom stereocenters. The number of nitrogens with two attached hydrogens (primary N) is 1. The molecular formula is C25H28FN7O2. The number of imidazole rings is 1. The molecule has 2 saturated carbocycles. The molecule has 10 heteroatoms. The number of benzene rings is 1. The maximum Gasteiger partial charge on any atom is 0.255 e. The molecule has 3 heterocycles. The smallest absolute Gasteiger partial charge is 0.255 e. The van der Waals surface area contributed by atoms with Crippen LogP contribution in [0.25, 0.3) is 11.0 Å². The number of carbonyl (C=O) groups is 1. The van der Waals surface area contributed by atoms with Crippen LogP contribution in [0, 0.1) is 17.7 Å². The Hall–Kier alpha value is -3.42. The third kappa shape index (κ3) is 4.26. The molecule has 3 fully saturated rings. The molecule has 1 aromatic carbocycles.